The molecule has 3 atom stereocenters. The maximum absolute atomic E-state index is 11.6. The third-order valence-electron chi connectivity index (χ3n) is 3.36. The normalized spacial score (nSPS) is 34.9. The van der Waals surface area contributed by atoms with E-state index in [1.54, 1.807) is 0 Å². The monoisotopic (exact) mass is 250 g/mol. The molecule has 16 heavy (non-hydrogen) atoms. The lowest BCUT2D eigenvalue weighted by atomic mass is 9.97. The van der Waals surface area contributed by atoms with Crippen LogP contribution in [0.25, 0.3) is 0 Å². The van der Waals surface area contributed by atoms with Crippen LogP contribution in [0.4, 0.5) is 0 Å². The highest BCUT2D eigenvalue weighted by molar-refractivity contribution is 7.92. The van der Waals surface area contributed by atoms with Gasteiger partial charge < -0.3 is 10.2 Å². The van der Waals surface area contributed by atoms with Crippen molar-refractivity contribution >= 4 is 21.8 Å². The molecule has 0 amide bonds. The zero-order chi connectivity index (χ0) is 12.7. The molecule has 0 bridgehead atoms. The van der Waals surface area contributed by atoms with Crippen LogP contribution < -0.4 is 0 Å². The summed E-state index contributed by atoms with van der Waals surface area (Å²) in [5.41, 5.74) is 0. The summed E-state index contributed by atoms with van der Waals surface area (Å²) in [6.07, 6.45) is 0.578. The van der Waals surface area contributed by atoms with Crippen LogP contribution in [0.3, 0.4) is 0 Å². The lowest BCUT2D eigenvalue weighted by Gasteiger charge is -2.26. The molecule has 0 spiro atoms. The van der Waals surface area contributed by atoms with E-state index < -0.39 is 38.4 Å². The van der Waals surface area contributed by atoms with Crippen molar-refractivity contribution < 1.29 is 28.2 Å². The van der Waals surface area contributed by atoms with Gasteiger partial charge in [-0.2, -0.15) is 0 Å². The molecule has 0 aromatic carbocycles. The zero-order valence-corrected chi connectivity index (χ0v) is 9.82. The molecule has 1 saturated carbocycles. The van der Waals surface area contributed by atoms with E-state index in [9.17, 15) is 18.0 Å². The number of hydrogen-bond acceptors (Lipinski definition) is 4. The van der Waals surface area contributed by atoms with Gasteiger partial charge in [-0.1, -0.05) is 6.92 Å². The highest BCUT2D eigenvalue weighted by Gasteiger charge is 2.59. The van der Waals surface area contributed by atoms with E-state index in [1.165, 1.54) is 6.92 Å². The van der Waals surface area contributed by atoms with E-state index >= 15 is 0 Å². The number of carboxylic acids is 2. The topological polar surface area (TPSA) is 109 Å². The first-order valence-corrected chi connectivity index (χ1v) is 6.68. The molecule has 92 valence electrons. The minimum absolute atomic E-state index is 0.0781. The summed E-state index contributed by atoms with van der Waals surface area (Å²) in [4.78, 5) is 22.0. The lowest BCUT2D eigenvalue weighted by molar-refractivity contribution is -0.142. The standard InChI is InChI=1S/C9H14O6S/c1-5-3-6(7(10)11)4-9(5,8(12)13)16(2,14)15/h5-6H,3-4H2,1-2H3,(H,10,11)(H,12,13)/t5-,6+,9+/m1/s1. The Kier molecular flexibility index (Phi) is 3.02. The van der Waals surface area contributed by atoms with Crippen LogP contribution in [0.1, 0.15) is 19.8 Å². The van der Waals surface area contributed by atoms with Crippen molar-refractivity contribution in [2.45, 2.75) is 24.5 Å². The van der Waals surface area contributed by atoms with E-state index in [0.717, 1.165) is 6.26 Å². The molecule has 2 N–H and O–H groups in total. The summed E-state index contributed by atoms with van der Waals surface area (Å²) in [5, 5.41) is 17.9. The summed E-state index contributed by atoms with van der Waals surface area (Å²) < 4.78 is 21.3. The van der Waals surface area contributed by atoms with E-state index in [2.05, 4.69) is 0 Å². The molecule has 1 aliphatic carbocycles. The summed E-state index contributed by atoms with van der Waals surface area (Å²) >= 11 is 0. The highest BCUT2D eigenvalue weighted by atomic mass is 32.2. The average Bonchev–Trinajstić information content (AvgIpc) is 2.42. The molecule has 0 radical (unpaired) electrons. The number of aliphatic carboxylic acids is 2. The van der Waals surface area contributed by atoms with E-state index in [0.29, 0.717) is 0 Å². The highest BCUT2D eigenvalue weighted by Crippen LogP contribution is 2.45. The van der Waals surface area contributed by atoms with Crippen LogP contribution in [-0.4, -0.2) is 41.6 Å². The van der Waals surface area contributed by atoms with Crippen molar-refractivity contribution in [2.24, 2.45) is 11.8 Å². The molecule has 1 aliphatic rings. The fraction of sp³-hybridized carbons (Fsp3) is 0.778. The summed E-state index contributed by atoms with van der Waals surface area (Å²) in [6.45, 7) is 1.47. The van der Waals surface area contributed by atoms with Crippen LogP contribution in [0, 0.1) is 11.8 Å². The summed E-state index contributed by atoms with van der Waals surface area (Å²) in [7, 11) is -3.84. The molecule has 0 aromatic rings. The smallest absolute Gasteiger partial charge is 0.325 e. The number of hydrogen-bond donors (Lipinski definition) is 2. The maximum atomic E-state index is 11.6. The van der Waals surface area contributed by atoms with Crippen molar-refractivity contribution in [3.8, 4) is 0 Å². The van der Waals surface area contributed by atoms with Crippen molar-refractivity contribution in [1.82, 2.24) is 0 Å². The molecule has 0 aromatic heterocycles. The van der Waals surface area contributed by atoms with Gasteiger partial charge >= 0.3 is 11.9 Å². The second-order valence-corrected chi connectivity index (χ2v) is 6.62. The quantitative estimate of drug-likeness (QED) is 0.729. The molecule has 0 heterocycles. The Morgan fingerprint density at radius 2 is 1.81 bits per heavy atom. The Morgan fingerprint density at radius 1 is 1.31 bits per heavy atom. The Bertz CT molecular complexity index is 425. The van der Waals surface area contributed by atoms with Gasteiger partial charge in [-0.25, -0.2) is 8.42 Å². The molecule has 7 heteroatoms. The Balaban J connectivity index is 3.26. The van der Waals surface area contributed by atoms with Gasteiger partial charge in [0, 0.05) is 6.26 Å². The third-order valence-corrected chi connectivity index (χ3v) is 5.42. The molecule has 1 rings (SSSR count). The summed E-state index contributed by atoms with van der Waals surface area (Å²) in [5.74, 6) is -4.19. The fourth-order valence-electron chi connectivity index (χ4n) is 2.43. The second kappa shape index (κ2) is 3.73. The molecular weight excluding hydrogens is 236 g/mol. The van der Waals surface area contributed by atoms with Gasteiger partial charge in [0.05, 0.1) is 5.92 Å². The van der Waals surface area contributed by atoms with Crippen molar-refractivity contribution in [3.05, 3.63) is 0 Å². The summed E-state index contributed by atoms with van der Waals surface area (Å²) in [6, 6.07) is 0. The first-order valence-electron chi connectivity index (χ1n) is 4.78. The van der Waals surface area contributed by atoms with Gasteiger partial charge in [-0.05, 0) is 18.8 Å². The minimum atomic E-state index is -3.84. The first-order chi connectivity index (χ1) is 7.13. The molecule has 0 unspecified atom stereocenters. The largest absolute Gasteiger partial charge is 0.481 e. The number of carboxylic acid groups (broad SMARTS) is 2. The van der Waals surface area contributed by atoms with Gasteiger partial charge in [0.1, 0.15) is 0 Å². The predicted octanol–water partition coefficient (Wildman–Crippen LogP) is -0.0149. The molecule has 0 aliphatic heterocycles. The van der Waals surface area contributed by atoms with Crippen LogP contribution in [0.15, 0.2) is 0 Å². The van der Waals surface area contributed by atoms with Crippen molar-refractivity contribution in [3.63, 3.8) is 0 Å². The number of sulfone groups is 1. The number of carbonyl (C=O) groups is 2. The van der Waals surface area contributed by atoms with Gasteiger partial charge in [0.2, 0.25) is 0 Å². The van der Waals surface area contributed by atoms with E-state index in [1.807, 2.05) is 0 Å². The molecule has 0 saturated heterocycles. The third kappa shape index (κ3) is 1.68. The average molecular weight is 250 g/mol. The Hall–Kier alpha value is -1.11. The van der Waals surface area contributed by atoms with Crippen molar-refractivity contribution in [2.75, 3.05) is 6.26 Å². The van der Waals surface area contributed by atoms with Crippen LogP contribution in [-0.2, 0) is 19.4 Å². The molecule has 1 fully saturated rings. The number of rotatable bonds is 3. The van der Waals surface area contributed by atoms with Gasteiger partial charge in [-0.3, -0.25) is 9.59 Å². The van der Waals surface area contributed by atoms with Gasteiger partial charge in [0.25, 0.3) is 0 Å². The van der Waals surface area contributed by atoms with Crippen LogP contribution in [0.5, 0.6) is 0 Å². The van der Waals surface area contributed by atoms with Crippen molar-refractivity contribution in [1.29, 1.82) is 0 Å². The Labute approximate surface area is 93.2 Å². The Morgan fingerprint density at radius 3 is 2.00 bits per heavy atom. The van der Waals surface area contributed by atoms with Gasteiger partial charge in [0.15, 0.2) is 14.6 Å². The second-order valence-electron chi connectivity index (χ2n) is 4.34. The SMILES string of the molecule is C[C@@H]1C[C@H](C(=O)O)C[C@]1(C(=O)O)S(C)(=O)=O. The van der Waals surface area contributed by atoms with E-state index in [4.69, 9.17) is 10.2 Å². The zero-order valence-electron chi connectivity index (χ0n) is 9.00. The molecular formula is C9H14O6S. The molecule has 6 nitrogen and oxygen atoms in total. The predicted molar refractivity (Wildman–Crippen MR) is 54.7 cm³/mol. The lowest BCUT2D eigenvalue weighted by Crippen LogP contribution is -2.48. The maximum Gasteiger partial charge on any atom is 0.325 e. The first kappa shape index (κ1) is 13.0. The van der Waals surface area contributed by atoms with Crippen LogP contribution in [0.2, 0.25) is 0 Å². The van der Waals surface area contributed by atoms with E-state index in [-0.39, 0.29) is 12.8 Å². The van der Waals surface area contributed by atoms with Crippen LogP contribution >= 0.6 is 0 Å². The minimum Gasteiger partial charge on any atom is -0.481 e. The fourth-order valence-corrected chi connectivity index (χ4v) is 4.08. The van der Waals surface area contributed by atoms with Gasteiger partial charge in [-0.15, -0.1) is 0 Å².